The van der Waals surface area contributed by atoms with Crippen LogP contribution >= 0.6 is 15.9 Å². The Morgan fingerprint density at radius 3 is 2.75 bits per heavy atom. The molecule has 0 bridgehead atoms. The number of nitrogens with zero attached hydrogens (tertiary/aromatic N) is 1. The van der Waals surface area contributed by atoms with E-state index in [0.717, 1.165) is 16.7 Å². The van der Waals surface area contributed by atoms with Crippen LogP contribution in [0.3, 0.4) is 0 Å². The molecule has 2 N–H and O–H groups in total. The normalized spacial score (nSPS) is 20.2. The molecule has 2 rings (SSSR count). The van der Waals surface area contributed by atoms with E-state index in [1.807, 2.05) is 6.07 Å². The Hall–Kier alpha value is -0.540. The largest absolute Gasteiger partial charge is 0.398 e. The number of benzene rings is 1. The molecule has 0 atom stereocenters. The lowest BCUT2D eigenvalue weighted by atomic mass is 9.93. The van der Waals surface area contributed by atoms with Crippen molar-refractivity contribution in [3.63, 3.8) is 0 Å². The predicted molar refractivity (Wildman–Crippen MR) is 72.2 cm³/mol. The van der Waals surface area contributed by atoms with Crippen molar-refractivity contribution in [2.45, 2.75) is 26.8 Å². The zero-order valence-corrected chi connectivity index (χ0v) is 11.5. The van der Waals surface area contributed by atoms with Gasteiger partial charge in [0.25, 0.3) is 0 Å². The molecule has 0 aliphatic carbocycles. The maximum atomic E-state index is 5.88. The molecule has 88 valence electrons. The molecule has 16 heavy (non-hydrogen) atoms. The van der Waals surface area contributed by atoms with E-state index in [9.17, 15) is 0 Å². The van der Waals surface area contributed by atoms with E-state index in [0.29, 0.717) is 5.41 Å². The number of anilines is 1. The topological polar surface area (TPSA) is 29.3 Å². The third kappa shape index (κ3) is 2.77. The second-order valence-electron chi connectivity index (χ2n) is 5.48. The highest BCUT2D eigenvalue weighted by Gasteiger charge is 2.28. The van der Waals surface area contributed by atoms with Crippen LogP contribution < -0.4 is 5.73 Å². The standard InChI is InChI=1S/C13H19BrN2/c1-13(2)5-6-16(9-13)8-10-3-4-11(14)12(15)7-10/h3-4,7H,5-6,8-9,15H2,1-2H3. The van der Waals surface area contributed by atoms with Gasteiger partial charge in [0.05, 0.1) is 0 Å². The van der Waals surface area contributed by atoms with Crippen molar-refractivity contribution >= 4 is 21.6 Å². The molecule has 1 aromatic carbocycles. The van der Waals surface area contributed by atoms with E-state index in [1.54, 1.807) is 0 Å². The van der Waals surface area contributed by atoms with Crippen LogP contribution in [0.15, 0.2) is 22.7 Å². The lowest BCUT2D eigenvalue weighted by Gasteiger charge is -2.19. The molecular weight excluding hydrogens is 264 g/mol. The summed E-state index contributed by atoms with van der Waals surface area (Å²) in [5.74, 6) is 0. The lowest BCUT2D eigenvalue weighted by Crippen LogP contribution is -2.22. The van der Waals surface area contributed by atoms with E-state index < -0.39 is 0 Å². The third-order valence-electron chi connectivity index (χ3n) is 3.22. The first kappa shape index (κ1) is 11.9. The van der Waals surface area contributed by atoms with Crippen LogP contribution in [0.2, 0.25) is 0 Å². The first-order valence-electron chi connectivity index (χ1n) is 5.73. The summed E-state index contributed by atoms with van der Waals surface area (Å²) in [6.07, 6.45) is 1.29. The number of nitrogens with two attached hydrogens (primary N) is 1. The van der Waals surface area contributed by atoms with Gasteiger partial charge in [-0.15, -0.1) is 0 Å². The minimum atomic E-state index is 0.473. The van der Waals surface area contributed by atoms with Crippen molar-refractivity contribution < 1.29 is 0 Å². The van der Waals surface area contributed by atoms with Crippen molar-refractivity contribution in [1.29, 1.82) is 0 Å². The highest BCUT2D eigenvalue weighted by molar-refractivity contribution is 9.10. The van der Waals surface area contributed by atoms with Crippen LogP contribution in [0, 0.1) is 5.41 Å². The SMILES string of the molecule is CC1(C)CCN(Cc2ccc(Br)c(N)c2)C1. The fourth-order valence-corrected chi connectivity index (χ4v) is 2.56. The maximum absolute atomic E-state index is 5.88. The summed E-state index contributed by atoms with van der Waals surface area (Å²) < 4.78 is 0.984. The van der Waals surface area contributed by atoms with Crippen LogP contribution in [0.25, 0.3) is 0 Å². The smallest absolute Gasteiger partial charge is 0.0461 e. The number of halogens is 1. The van der Waals surface area contributed by atoms with E-state index in [4.69, 9.17) is 5.73 Å². The highest BCUT2D eigenvalue weighted by Crippen LogP contribution is 2.30. The summed E-state index contributed by atoms with van der Waals surface area (Å²) in [6, 6.07) is 6.24. The summed E-state index contributed by atoms with van der Waals surface area (Å²) in [6.45, 7) is 8.07. The number of hydrogen-bond donors (Lipinski definition) is 1. The average molecular weight is 283 g/mol. The van der Waals surface area contributed by atoms with Gasteiger partial charge in [0.2, 0.25) is 0 Å². The second kappa shape index (κ2) is 4.38. The Morgan fingerprint density at radius 2 is 2.19 bits per heavy atom. The monoisotopic (exact) mass is 282 g/mol. The quantitative estimate of drug-likeness (QED) is 0.844. The van der Waals surface area contributed by atoms with Gasteiger partial charge in [0.1, 0.15) is 0 Å². The summed E-state index contributed by atoms with van der Waals surface area (Å²) >= 11 is 3.42. The van der Waals surface area contributed by atoms with Crippen LogP contribution in [0.1, 0.15) is 25.8 Å². The number of nitrogen functional groups attached to an aromatic ring is 1. The molecule has 0 spiro atoms. The Bertz CT molecular complexity index is 388. The molecule has 1 heterocycles. The number of hydrogen-bond acceptors (Lipinski definition) is 2. The molecule has 1 aromatic rings. The van der Waals surface area contributed by atoms with Gasteiger partial charge in [-0.2, -0.15) is 0 Å². The summed E-state index contributed by atoms with van der Waals surface area (Å²) in [5.41, 5.74) is 8.49. The van der Waals surface area contributed by atoms with Gasteiger partial charge in [0, 0.05) is 23.2 Å². The van der Waals surface area contributed by atoms with Crippen LogP contribution in [0.4, 0.5) is 5.69 Å². The number of rotatable bonds is 2. The van der Waals surface area contributed by atoms with E-state index in [-0.39, 0.29) is 0 Å². The van der Waals surface area contributed by atoms with Gasteiger partial charge in [-0.3, -0.25) is 4.90 Å². The van der Waals surface area contributed by atoms with Crippen LogP contribution in [-0.2, 0) is 6.54 Å². The Labute approximate surface area is 106 Å². The third-order valence-corrected chi connectivity index (χ3v) is 3.95. The molecule has 0 radical (unpaired) electrons. The first-order chi connectivity index (χ1) is 7.46. The van der Waals surface area contributed by atoms with Crippen molar-refractivity contribution in [3.8, 4) is 0 Å². The summed E-state index contributed by atoms with van der Waals surface area (Å²) in [4.78, 5) is 2.50. The summed E-state index contributed by atoms with van der Waals surface area (Å²) in [7, 11) is 0. The van der Waals surface area contributed by atoms with Crippen molar-refractivity contribution in [2.24, 2.45) is 5.41 Å². The van der Waals surface area contributed by atoms with Crippen LogP contribution in [-0.4, -0.2) is 18.0 Å². The molecule has 0 unspecified atom stereocenters. The minimum absolute atomic E-state index is 0.473. The fraction of sp³-hybridized carbons (Fsp3) is 0.538. The van der Waals surface area contributed by atoms with Crippen molar-refractivity contribution in [3.05, 3.63) is 28.2 Å². The van der Waals surface area contributed by atoms with Gasteiger partial charge < -0.3 is 5.73 Å². The van der Waals surface area contributed by atoms with E-state index >= 15 is 0 Å². The summed E-state index contributed by atoms with van der Waals surface area (Å²) in [5, 5.41) is 0. The second-order valence-corrected chi connectivity index (χ2v) is 6.34. The van der Waals surface area contributed by atoms with Gasteiger partial charge >= 0.3 is 0 Å². The molecular formula is C13H19BrN2. The van der Waals surface area contributed by atoms with Crippen molar-refractivity contribution in [2.75, 3.05) is 18.8 Å². The highest BCUT2D eigenvalue weighted by atomic mass is 79.9. The molecule has 0 saturated carbocycles. The first-order valence-corrected chi connectivity index (χ1v) is 6.52. The zero-order valence-electron chi connectivity index (χ0n) is 9.96. The Kier molecular flexibility index (Phi) is 3.27. The van der Waals surface area contributed by atoms with E-state index in [2.05, 4.69) is 46.8 Å². The minimum Gasteiger partial charge on any atom is -0.398 e. The molecule has 1 saturated heterocycles. The maximum Gasteiger partial charge on any atom is 0.0461 e. The fourth-order valence-electron chi connectivity index (χ4n) is 2.31. The number of likely N-dealkylation sites (tertiary alicyclic amines) is 1. The molecule has 1 aliphatic rings. The molecule has 1 fully saturated rings. The predicted octanol–water partition coefficient (Wildman–Crippen LogP) is 3.26. The average Bonchev–Trinajstić information content (AvgIpc) is 2.52. The van der Waals surface area contributed by atoms with Crippen LogP contribution in [0.5, 0.6) is 0 Å². The Balaban J connectivity index is 2.02. The van der Waals surface area contributed by atoms with E-state index in [1.165, 1.54) is 25.1 Å². The Morgan fingerprint density at radius 1 is 1.44 bits per heavy atom. The molecule has 3 heteroatoms. The lowest BCUT2D eigenvalue weighted by molar-refractivity contribution is 0.284. The zero-order chi connectivity index (χ0) is 11.8. The molecule has 1 aliphatic heterocycles. The molecule has 2 nitrogen and oxygen atoms in total. The molecule has 0 amide bonds. The van der Waals surface area contributed by atoms with Gasteiger partial charge in [-0.1, -0.05) is 19.9 Å². The van der Waals surface area contributed by atoms with Gasteiger partial charge in [0.15, 0.2) is 0 Å². The van der Waals surface area contributed by atoms with Gasteiger partial charge in [-0.05, 0) is 52.0 Å². The molecule has 0 aromatic heterocycles. The van der Waals surface area contributed by atoms with Crippen molar-refractivity contribution in [1.82, 2.24) is 4.90 Å². The van der Waals surface area contributed by atoms with Gasteiger partial charge in [-0.25, -0.2) is 0 Å².